The first-order valence-electron chi connectivity index (χ1n) is 5.22. The van der Waals surface area contributed by atoms with Gasteiger partial charge < -0.3 is 16.4 Å². The van der Waals surface area contributed by atoms with Crippen LogP contribution in [0.4, 0.5) is 11.6 Å². The molecule has 0 atom stereocenters. The molecule has 0 radical (unpaired) electrons. The Morgan fingerprint density at radius 3 is 2.53 bits per heavy atom. The van der Waals surface area contributed by atoms with Gasteiger partial charge in [-0.2, -0.15) is 0 Å². The lowest BCUT2D eigenvalue weighted by Gasteiger charge is -2.09. The fourth-order valence-electron chi connectivity index (χ4n) is 1.06. The number of nitrogens with one attached hydrogen (secondary N) is 2. The highest BCUT2D eigenvalue weighted by Gasteiger charge is 1.98. The molecule has 4 N–H and O–H groups in total. The van der Waals surface area contributed by atoms with Gasteiger partial charge >= 0.3 is 0 Å². The highest BCUT2D eigenvalue weighted by Crippen LogP contribution is 2.08. The van der Waals surface area contributed by atoms with E-state index in [1.165, 1.54) is 0 Å². The zero-order chi connectivity index (χ0) is 11.1. The first-order chi connectivity index (χ1) is 7.22. The van der Waals surface area contributed by atoms with Crippen LogP contribution >= 0.6 is 0 Å². The Kier molecular flexibility index (Phi) is 4.83. The molecule has 1 rings (SSSR count). The van der Waals surface area contributed by atoms with Gasteiger partial charge in [-0.05, 0) is 5.92 Å². The zero-order valence-electron chi connectivity index (χ0n) is 9.33. The summed E-state index contributed by atoms with van der Waals surface area (Å²) in [6.07, 6.45) is 1.54. The molecule has 0 aliphatic carbocycles. The van der Waals surface area contributed by atoms with Crippen LogP contribution in [0, 0.1) is 5.92 Å². The van der Waals surface area contributed by atoms with Crippen LogP contribution in [0.25, 0.3) is 0 Å². The van der Waals surface area contributed by atoms with Crippen molar-refractivity contribution in [3.8, 4) is 0 Å². The van der Waals surface area contributed by atoms with E-state index in [1.807, 2.05) is 6.07 Å². The molecule has 0 saturated carbocycles. The van der Waals surface area contributed by atoms with Gasteiger partial charge in [0.1, 0.15) is 18.0 Å². The third kappa shape index (κ3) is 4.60. The Balaban J connectivity index is 2.50. The van der Waals surface area contributed by atoms with E-state index in [1.54, 1.807) is 6.33 Å². The maximum absolute atomic E-state index is 5.39. The molecule has 0 bridgehead atoms. The third-order valence-corrected chi connectivity index (χ3v) is 1.81. The Hall–Kier alpha value is -1.36. The Labute approximate surface area is 90.5 Å². The summed E-state index contributed by atoms with van der Waals surface area (Å²) in [5.74, 6) is 2.25. The molecule has 0 saturated heterocycles. The van der Waals surface area contributed by atoms with Crippen molar-refractivity contribution >= 4 is 11.6 Å². The van der Waals surface area contributed by atoms with Crippen LogP contribution in [0.1, 0.15) is 13.8 Å². The van der Waals surface area contributed by atoms with Crippen LogP contribution in [0.15, 0.2) is 12.4 Å². The molecule has 0 aliphatic rings. The van der Waals surface area contributed by atoms with Crippen molar-refractivity contribution in [2.75, 3.05) is 30.3 Å². The van der Waals surface area contributed by atoms with Crippen molar-refractivity contribution in [3.63, 3.8) is 0 Å². The first-order valence-corrected chi connectivity index (χ1v) is 5.22. The SMILES string of the molecule is CC(C)CNc1cc(NCCN)ncn1. The van der Waals surface area contributed by atoms with Crippen LogP contribution in [-0.2, 0) is 0 Å². The van der Waals surface area contributed by atoms with Crippen molar-refractivity contribution in [2.24, 2.45) is 11.7 Å². The molecule has 0 amide bonds. The van der Waals surface area contributed by atoms with E-state index < -0.39 is 0 Å². The van der Waals surface area contributed by atoms with Crippen molar-refractivity contribution < 1.29 is 0 Å². The third-order valence-electron chi connectivity index (χ3n) is 1.81. The number of hydrogen-bond donors (Lipinski definition) is 3. The Morgan fingerprint density at radius 2 is 1.93 bits per heavy atom. The minimum absolute atomic E-state index is 0.596. The van der Waals surface area contributed by atoms with E-state index in [9.17, 15) is 0 Å². The second-order valence-corrected chi connectivity index (χ2v) is 3.78. The maximum atomic E-state index is 5.39. The van der Waals surface area contributed by atoms with E-state index in [2.05, 4.69) is 34.4 Å². The fraction of sp³-hybridized carbons (Fsp3) is 0.600. The van der Waals surface area contributed by atoms with Crippen molar-refractivity contribution in [1.82, 2.24) is 9.97 Å². The van der Waals surface area contributed by atoms with Gasteiger partial charge in [0.25, 0.3) is 0 Å². The summed E-state index contributed by atoms with van der Waals surface area (Å²) in [5, 5.41) is 6.34. The van der Waals surface area contributed by atoms with Crippen LogP contribution in [-0.4, -0.2) is 29.6 Å². The van der Waals surface area contributed by atoms with Gasteiger partial charge in [0.15, 0.2) is 0 Å². The Bertz CT molecular complexity index is 287. The molecular formula is C10H19N5. The molecule has 84 valence electrons. The van der Waals surface area contributed by atoms with Crippen LogP contribution in [0.5, 0.6) is 0 Å². The summed E-state index contributed by atoms with van der Waals surface area (Å²) in [5.41, 5.74) is 5.39. The molecule has 0 unspecified atom stereocenters. The fourth-order valence-corrected chi connectivity index (χ4v) is 1.06. The van der Waals surface area contributed by atoms with Gasteiger partial charge in [-0.15, -0.1) is 0 Å². The molecule has 5 heteroatoms. The quantitative estimate of drug-likeness (QED) is 0.649. The van der Waals surface area contributed by atoms with E-state index in [0.29, 0.717) is 12.5 Å². The average molecular weight is 209 g/mol. The highest BCUT2D eigenvalue weighted by molar-refractivity contribution is 5.46. The summed E-state index contributed by atoms with van der Waals surface area (Å²) in [6, 6.07) is 1.89. The number of rotatable bonds is 6. The lowest BCUT2D eigenvalue weighted by atomic mass is 10.2. The molecule has 1 aromatic rings. The second-order valence-electron chi connectivity index (χ2n) is 3.78. The smallest absolute Gasteiger partial charge is 0.131 e. The summed E-state index contributed by atoms with van der Waals surface area (Å²) >= 11 is 0. The highest BCUT2D eigenvalue weighted by atomic mass is 15.1. The predicted octanol–water partition coefficient (Wildman–Crippen LogP) is 0.915. The lowest BCUT2D eigenvalue weighted by molar-refractivity contribution is 0.687. The van der Waals surface area contributed by atoms with Crippen molar-refractivity contribution in [3.05, 3.63) is 12.4 Å². The number of aromatic nitrogens is 2. The van der Waals surface area contributed by atoms with Gasteiger partial charge in [-0.25, -0.2) is 9.97 Å². The van der Waals surface area contributed by atoms with Crippen molar-refractivity contribution in [1.29, 1.82) is 0 Å². The largest absolute Gasteiger partial charge is 0.370 e. The summed E-state index contributed by atoms with van der Waals surface area (Å²) in [6.45, 7) is 6.54. The van der Waals surface area contributed by atoms with Gasteiger partial charge in [0.05, 0.1) is 0 Å². The summed E-state index contributed by atoms with van der Waals surface area (Å²) in [4.78, 5) is 8.21. The Morgan fingerprint density at radius 1 is 1.27 bits per heavy atom. The molecule has 0 fully saturated rings. The zero-order valence-corrected chi connectivity index (χ0v) is 9.33. The van der Waals surface area contributed by atoms with Gasteiger partial charge in [0, 0.05) is 25.7 Å². The van der Waals surface area contributed by atoms with Crippen molar-refractivity contribution in [2.45, 2.75) is 13.8 Å². The lowest BCUT2D eigenvalue weighted by Crippen LogP contribution is -2.14. The number of anilines is 2. The van der Waals surface area contributed by atoms with Crippen LogP contribution in [0.2, 0.25) is 0 Å². The normalized spacial score (nSPS) is 10.4. The van der Waals surface area contributed by atoms with Gasteiger partial charge in [0.2, 0.25) is 0 Å². The average Bonchev–Trinajstić information content (AvgIpc) is 2.24. The molecule has 15 heavy (non-hydrogen) atoms. The van der Waals surface area contributed by atoms with E-state index >= 15 is 0 Å². The molecule has 0 spiro atoms. The van der Waals surface area contributed by atoms with E-state index in [0.717, 1.165) is 24.7 Å². The summed E-state index contributed by atoms with van der Waals surface area (Å²) < 4.78 is 0. The van der Waals surface area contributed by atoms with E-state index in [-0.39, 0.29) is 0 Å². The van der Waals surface area contributed by atoms with E-state index in [4.69, 9.17) is 5.73 Å². The summed E-state index contributed by atoms with van der Waals surface area (Å²) in [7, 11) is 0. The number of nitrogens with zero attached hydrogens (tertiary/aromatic N) is 2. The minimum Gasteiger partial charge on any atom is -0.370 e. The molecule has 1 aromatic heterocycles. The topological polar surface area (TPSA) is 75.9 Å². The van der Waals surface area contributed by atoms with Crippen LogP contribution < -0.4 is 16.4 Å². The predicted molar refractivity (Wildman–Crippen MR) is 62.9 cm³/mol. The molecular weight excluding hydrogens is 190 g/mol. The first kappa shape index (κ1) is 11.7. The van der Waals surface area contributed by atoms with Gasteiger partial charge in [-0.1, -0.05) is 13.8 Å². The number of nitrogens with two attached hydrogens (primary N) is 1. The second kappa shape index (κ2) is 6.19. The molecule has 0 aliphatic heterocycles. The standard InChI is InChI=1S/C10H19N5/c1-8(2)6-13-10-5-9(12-4-3-11)14-7-15-10/h5,7-8H,3-4,6,11H2,1-2H3,(H2,12,13,14,15). The van der Waals surface area contributed by atoms with Gasteiger partial charge in [-0.3, -0.25) is 0 Å². The minimum atomic E-state index is 0.596. The maximum Gasteiger partial charge on any atom is 0.131 e. The molecule has 0 aromatic carbocycles. The molecule has 1 heterocycles. The monoisotopic (exact) mass is 209 g/mol. The molecule has 5 nitrogen and oxygen atoms in total. The van der Waals surface area contributed by atoms with Crippen LogP contribution in [0.3, 0.4) is 0 Å². The number of hydrogen-bond acceptors (Lipinski definition) is 5.